The molecule has 0 aromatic heterocycles. The van der Waals surface area contributed by atoms with E-state index in [2.05, 4.69) is 9.98 Å². The second kappa shape index (κ2) is 8.13. The molecule has 1 unspecified atom stereocenters. The first-order valence-corrected chi connectivity index (χ1v) is 8.75. The van der Waals surface area contributed by atoms with Gasteiger partial charge in [-0.25, -0.2) is 9.79 Å². The topological polar surface area (TPSA) is 119 Å². The number of carboxylic acid groups (broad SMARTS) is 1. The maximum absolute atomic E-state index is 11.4. The van der Waals surface area contributed by atoms with Crippen molar-refractivity contribution in [3.05, 3.63) is 41.5 Å². The average molecular weight is 370 g/mol. The smallest absolute Gasteiger partial charge is 0.331 e. The van der Waals surface area contributed by atoms with Crippen LogP contribution in [0.3, 0.4) is 0 Å². The fourth-order valence-corrected chi connectivity index (χ4v) is 3.04. The van der Waals surface area contributed by atoms with Gasteiger partial charge in [0.15, 0.2) is 11.7 Å². The van der Waals surface area contributed by atoms with Crippen LogP contribution in [0.15, 0.2) is 45.9 Å². The highest BCUT2D eigenvalue weighted by atomic mass is 16.5. The molecule has 2 aliphatic rings. The quantitative estimate of drug-likeness (QED) is 0.697. The van der Waals surface area contributed by atoms with Crippen molar-refractivity contribution < 1.29 is 19.7 Å². The van der Waals surface area contributed by atoms with Crippen molar-refractivity contribution in [3.63, 3.8) is 0 Å². The summed E-state index contributed by atoms with van der Waals surface area (Å²) in [5.74, 6) is -0.0586. The molecule has 0 aliphatic carbocycles. The van der Waals surface area contributed by atoms with Crippen LogP contribution in [0.2, 0.25) is 0 Å². The number of morpholine rings is 1. The monoisotopic (exact) mass is 370 g/mol. The SMILES string of the molecule is C/C=C(\CC1N=C(c2cccc(O)c2)N=C(N2CCOCC2)C1=N)C(=O)O. The van der Waals surface area contributed by atoms with Gasteiger partial charge < -0.3 is 19.8 Å². The third kappa shape index (κ3) is 4.22. The summed E-state index contributed by atoms with van der Waals surface area (Å²) in [4.78, 5) is 22.5. The summed E-state index contributed by atoms with van der Waals surface area (Å²) in [6, 6.07) is 5.93. The van der Waals surface area contributed by atoms with Crippen LogP contribution in [0.4, 0.5) is 0 Å². The van der Waals surface area contributed by atoms with Crippen LogP contribution in [0.5, 0.6) is 5.75 Å². The summed E-state index contributed by atoms with van der Waals surface area (Å²) in [6.07, 6.45) is 1.63. The van der Waals surface area contributed by atoms with E-state index < -0.39 is 12.0 Å². The van der Waals surface area contributed by atoms with Gasteiger partial charge in [-0.1, -0.05) is 18.2 Å². The number of phenols is 1. The molecule has 0 amide bonds. The number of aliphatic imine (C=N–C) groups is 2. The molecule has 0 spiro atoms. The lowest BCUT2D eigenvalue weighted by Crippen LogP contribution is -2.48. The summed E-state index contributed by atoms with van der Waals surface area (Å²) >= 11 is 0. The number of amidine groups is 2. The standard InChI is InChI=1S/C19H22N4O4/c1-2-12(19(25)26)11-15-16(20)18(23-6-8-27-9-7-23)22-17(21-15)13-4-3-5-14(24)10-13/h2-5,10,15,20,24H,6-9,11H2,1H3,(H,25,26)/b12-2+,20-16?. The number of benzene rings is 1. The lowest BCUT2D eigenvalue weighted by Gasteiger charge is -2.33. The predicted octanol–water partition coefficient (Wildman–Crippen LogP) is 1.69. The minimum atomic E-state index is -1.02. The van der Waals surface area contributed by atoms with Gasteiger partial charge in [0.05, 0.1) is 18.9 Å². The van der Waals surface area contributed by atoms with Crippen LogP contribution in [0.1, 0.15) is 18.9 Å². The highest BCUT2D eigenvalue weighted by molar-refractivity contribution is 6.45. The molecule has 1 aromatic rings. The number of phenolic OH excluding ortho intramolecular Hbond substituents is 1. The summed E-state index contributed by atoms with van der Waals surface area (Å²) < 4.78 is 5.38. The Morgan fingerprint density at radius 3 is 2.78 bits per heavy atom. The minimum Gasteiger partial charge on any atom is -0.508 e. The zero-order valence-electron chi connectivity index (χ0n) is 15.1. The highest BCUT2D eigenvalue weighted by Crippen LogP contribution is 2.21. The summed E-state index contributed by atoms with van der Waals surface area (Å²) in [7, 11) is 0. The molecule has 8 nitrogen and oxygen atoms in total. The Bertz CT molecular complexity index is 838. The van der Waals surface area contributed by atoms with Gasteiger partial charge in [-0.3, -0.25) is 10.4 Å². The molecular formula is C19H22N4O4. The molecule has 27 heavy (non-hydrogen) atoms. The molecule has 3 N–H and O–H groups in total. The number of carbonyl (C=O) groups is 1. The summed E-state index contributed by atoms with van der Waals surface area (Å²) in [5.41, 5.74) is 1.02. The van der Waals surface area contributed by atoms with E-state index in [1.54, 1.807) is 31.2 Å². The number of nitrogens with one attached hydrogen (secondary N) is 1. The van der Waals surface area contributed by atoms with E-state index in [4.69, 9.17) is 10.1 Å². The molecule has 1 saturated heterocycles. The van der Waals surface area contributed by atoms with Crippen LogP contribution in [0.25, 0.3) is 0 Å². The molecule has 1 fully saturated rings. The molecule has 3 rings (SSSR count). The molecule has 0 saturated carbocycles. The molecule has 1 aromatic carbocycles. The zero-order chi connectivity index (χ0) is 19.4. The molecule has 0 radical (unpaired) electrons. The summed E-state index contributed by atoms with van der Waals surface area (Å²) in [5, 5.41) is 27.7. The molecule has 2 aliphatic heterocycles. The first-order valence-electron chi connectivity index (χ1n) is 8.75. The average Bonchev–Trinajstić information content (AvgIpc) is 2.67. The van der Waals surface area contributed by atoms with E-state index in [-0.39, 0.29) is 23.5 Å². The van der Waals surface area contributed by atoms with Crippen molar-refractivity contribution >= 4 is 23.4 Å². The number of aromatic hydroxyl groups is 1. The Labute approximate surface area is 157 Å². The second-order valence-electron chi connectivity index (χ2n) is 6.29. The number of hydrogen-bond acceptors (Lipinski definition) is 7. The third-order valence-corrected chi connectivity index (χ3v) is 4.52. The molecule has 8 heteroatoms. The van der Waals surface area contributed by atoms with Gasteiger partial charge in [0.25, 0.3) is 0 Å². The minimum absolute atomic E-state index is 0.0928. The van der Waals surface area contributed by atoms with Crippen molar-refractivity contribution in [2.24, 2.45) is 9.98 Å². The largest absolute Gasteiger partial charge is 0.508 e. The van der Waals surface area contributed by atoms with Gasteiger partial charge >= 0.3 is 5.97 Å². The number of allylic oxidation sites excluding steroid dienone is 1. The summed E-state index contributed by atoms with van der Waals surface area (Å²) in [6.45, 7) is 3.97. The lowest BCUT2D eigenvalue weighted by molar-refractivity contribution is -0.132. The highest BCUT2D eigenvalue weighted by Gasteiger charge is 2.31. The fourth-order valence-electron chi connectivity index (χ4n) is 3.04. The van der Waals surface area contributed by atoms with E-state index in [0.29, 0.717) is 43.5 Å². The first-order chi connectivity index (χ1) is 13.0. The van der Waals surface area contributed by atoms with Gasteiger partial charge in [0, 0.05) is 30.6 Å². The van der Waals surface area contributed by atoms with E-state index in [0.717, 1.165) is 0 Å². The normalized spacial score (nSPS) is 20.9. The van der Waals surface area contributed by atoms with Crippen LogP contribution in [0, 0.1) is 5.41 Å². The van der Waals surface area contributed by atoms with Crippen molar-refractivity contribution in [1.29, 1.82) is 5.41 Å². The molecule has 1 atom stereocenters. The van der Waals surface area contributed by atoms with Crippen LogP contribution < -0.4 is 0 Å². The van der Waals surface area contributed by atoms with Crippen molar-refractivity contribution in [2.75, 3.05) is 26.3 Å². The van der Waals surface area contributed by atoms with Crippen molar-refractivity contribution in [1.82, 2.24) is 4.90 Å². The van der Waals surface area contributed by atoms with Gasteiger partial charge in [0.1, 0.15) is 11.8 Å². The number of hydrogen-bond donors (Lipinski definition) is 3. The number of aliphatic carboxylic acids is 1. The molecule has 142 valence electrons. The number of rotatable bonds is 4. The Morgan fingerprint density at radius 2 is 2.15 bits per heavy atom. The Morgan fingerprint density at radius 1 is 1.41 bits per heavy atom. The van der Waals surface area contributed by atoms with Gasteiger partial charge in [-0.15, -0.1) is 0 Å². The third-order valence-electron chi connectivity index (χ3n) is 4.52. The Balaban J connectivity index is 1.99. The number of carboxylic acids is 1. The second-order valence-corrected chi connectivity index (χ2v) is 6.29. The molecule has 2 heterocycles. The van der Waals surface area contributed by atoms with Gasteiger partial charge in [0.2, 0.25) is 0 Å². The van der Waals surface area contributed by atoms with E-state index >= 15 is 0 Å². The van der Waals surface area contributed by atoms with Crippen molar-refractivity contribution in [3.8, 4) is 5.75 Å². The Hall–Kier alpha value is -3.00. The maximum atomic E-state index is 11.4. The van der Waals surface area contributed by atoms with Crippen LogP contribution >= 0.6 is 0 Å². The van der Waals surface area contributed by atoms with Crippen LogP contribution in [-0.4, -0.2) is 70.8 Å². The molecular weight excluding hydrogens is 348 g/mol. The van der Waals surface area contributed by atoms with Crippen LogP contribution in [-0.2, 0) is 9.53 Å². The molecule has 0 bridgehead atoms. The Kier molecular flexibility index (Phi) is 5.66. The fraction of sp³-hybridized carbons (Fsp3) is 0.368. The lowest BCUT2D eigenvalue weighted by atomic mass is 9.99. The number of nitrogens with zero attached hydrogens (tertiary/aromatic N) is 3. The van der Waals surface area contributed by atoms with E-state index in [1.165, 1.54) is 6.08 Å². The maximum Gasteiger partial charge on any atom is 0.331 e. The zero-order valence-corrected chi connectivity index (χ0v) is 15.1. The van der Waals surface area contributed by atoms with E-state index in [9.17, 15) is 15.0 Å². The van der Waals surface area contributed by atoms with Gasteiger partial charge in [-0.05, 0) is 19.1 Å². The predicted molar refractivity (Wildman–Crippen MR) is 102 cm³/mol. The van der Waals surface area contributed by atoms with E-state index in [1.807, 2.05) is 4.90 Å². The first kappa shape index (κ1) is 18.8. The number of ether oxygens (including phenoxy) is 1. The van der Waals surface area contributed by atoms with Gasteiger partial charge in [-0.2, -0.15) is 0 Å². The van der Waals surface area contributed by atoms with Crippen molar-refractivity contribution in [2.45, 2.75) is 19.4 Å².